The van der Waals surface area contributed by atoms with Crippen molar-refractivity contribution in [2.24, 2.45) is 17.3 Å². The predicted octanol–water partition coefficient (Wildman–Crippen LogP) is 4.16. The summed E-state index contributed by atoms with van der Waals surface area (Å²) in [5.41, 5.74) is 0.193. The number of carbonyl (C=O) groups is 2. The summed E-state index contributed by atoms with van der Waals surface area (Å²) in [7, 11) is 0. The van der Waals surface area contributed by atoms with Crippen molar-refractivity contribution in [3.63, 3.8) is 0 Å². The lowest BCUT2D eigenvalue weighted by Gasteiger charge is -2.34. The highest BCUT2D eigenvalue weighted by molar-refractivity contribution is 6.32. The first-order valence-electron chi connectivity index (χ1n) is 12.0. The van der Waals surface area contributed by atoms with Gasteiger partial charge in [0.15, 0.2) is 0 Å². The van der Waals surface area contributed by atoms with Crippen LogP contribution in [-0.2, 0) is 20.9 Å². The third-order valence-corrected chi connectivity index (χ3v) is 7.17. The molecule has 3 N–H and O–H groups in total. The topological polar surface area (TPSA) is 130 Å². The van der Waals surface area contributed by atoms with Crippen LogP contribution in [0.25, 0.3) is 6.08 Å². The van der Waals surface area contributed by atoms with Crippen LogP contribution in [0.5, 0.6) is 0 Å². The average Bonchev–Trinajstić information content (AvgIpc) is 3.26. The first-order chi connectivity index (χ1) is 16.4. The first-order valence-corrected chi connectivity index (χ1v) is 12.4. The second-order valence-electron chi connectivity index (χ2n) is 10.1. The van der Waals surface area contributed by atoms with E-state index in [-0.39, 0.29) is 29.2 Å². The van der Waals surface area contributed by atoms with Crippen molar-refractivity contribution in [3.05, 3.63) is 34.5 Å². The van der Waals surface area contributed by atoms with Gasteiger partial charge in [-0.05, 0) is 38.2 Å². The fourth-order valence-electron chi connectivity index (χ4n) is 4.22. The summed E-state index contributed by atoms with van der Waals surface area (Å²) in [6.45, 7) is 8.35. The molecule has 0 fully saturated rings. The Morgan fingerprint density at radius 3 is 2.60 bits per heavy atom. The number of esters is 1. The van der Waals surface area contributed by atoms with Crippen molar-refractivity contribution in [2.75, 3.05) is 0 Å². The Labute approximate surface area is 212 Å². The minimum absolute atomic E-state index is 0.0936. The molecule has 2 rings (SSSR count). The molecular weight excluding hydrogens is 474 g/mol. The van der Waals surface area contributed by atoms with Crippen molar-refractivity contribution < 1.29 is 34.1 Å². The number of rotatable bonds is 3. The molecule has 1 aromatic heterocycles. The molecule has 8 nitrogen and oxygen atoms in total. The van der Waals surface area contributed by atoms with Gasteiger partial charge in [0, 0.05) is 12.3 Å². The van der Waals surface area contributed by atoms with E-state index in [0.717, 1.165) is 24.8 Å². The second kappa shape index (κ2) is 12.8. The monoisotopic (exact) mass is 511 g/mol. The largest absolute Gasteiger partial charge is 0.456 e. The van der Waals surface area contributed by atoms with Crippen molar-refractivity contribution in [1.82, 2.24) is 4.98 Å². The van der Waals surface area contributed by atoms with Gasteiger partial charge in [-0.1, -0.05) is 50.9 Å². The van der Waals surface area contributed by atoms with Gasteiger partial charge in [0.2, 0.25) is 5.89 Å². The number of oxazole rings is 1. The van der Waals surface area contributed by atoms with E-state index >= 15 is 0 Å². The van der Waals surface area contributed by atoms with Crippen LogP contribution in [0.4, 0.5) is 0 Å². The van der Waals surface area contributed by atoms with Gasteiger partial charge < -0.3 is 24.5 Å². The van der Waals surface area contributed by atoms with Gasteiger partial charge in [-0.3, -0.25) is 9.59 Å². The lowest BCUT2D eigenvalue weighted by atomic mass is 9.73. The number of hydrogen-bond acceptors (Lipinski definition) is 8. The molecule has 0 unspecified atom stereocenters. The van der Waals surface area contributed by atoms with Crippen molar-refractivity contribution in [1.29, 1.82) is 0 Å². The summed E-state index contributed by atoms with van der Waals surface area (Å²) < 4.78 is 10.7. The smallest absolute Gasteiger partial charge is 0.309 e. The highest BCUT2D eigenvalue weighted by Crippen LogP contribution is 2.32. The van der Waals surface area contributed by atoms with Crippen LogP contribution in [0.3, 0.4) is 0 Å². The molecule has 0 spiro atoms. The number of cyclic esters (lactones) is 1. The maximum Gasteiger partial charge on any atom is 0.309 e. The number of carbonyl (C=O) groups excluding carboxylic acids is 2. The fourth-order valence-corrected chi connectivity index (χ4v) is 4.46. The van der Waals surface area contributed by atoms with Crippen LogP contribution < -0.4 is 0 Å². The lowest BCUT2D eigenvalue weighted by Crippen LogP contribution is -2.45. The van der Waals surface area contributed by atoms with E-state index < -0.39 is 42.0 Å². The molecule has 1 aliphatic rings. The van der Waals surface area contributed by atoms with E-state index in [9.17, 15) is 19.8 Å². The number of aliphatic hydroxyl groups excluding tert-OH is 3. The van der Waals surface area contributed by atoms with E-state index in [1.165, 1.54) is 12.3 Å². The Morgan fingerprint density at radius 1 is 1.29 bits per heavy atom. The third kappa shape index (κ3) is 8.00. The van der Waals surface area contributed by atoms with Crippen molar-refractivity contribution in [2.45, 2.75) is 91.6 Å². The number of hydrogen-bond donors (Lipinski definition) is 3. The van der Waals surface area contributed by atoms with Crippen LogP contribution in [0.1, 0.15) is 78.3 Å². The van der Waals surface area contributed by atoms with E-state index in [1.54, 1.807) is 20.8 Å². The van der Waals surface area contributed by atoms with Gasteiger partial charge in [0.25, 0.3) is 0 Å². The van der Waals surface area contributed by atoms with Crippen LogP contribution in [-0.4, -0.2) is 50.4 Å². The maximum atomic E-state index is 13.1. The molecule has 196 valence electrons. The Morgan fingerprint density at radius 2 is 1.97 bits per heavy atom. The highest BCUT2D eigenvalue weighted by Gasteiger charge is 2.42. The summed E-state index contributed by atoms with van der Waals surface area (Å²) in [5.74, 6) is -1.66. The number of nitrogens with zero attached hydrogens (tertiary/aromatic N) is 1. The number of allylic oxidation sites excluding steroid dienone is 1. The molecule has 35 heavy (non-hydrogen) atoms. The van der Waals surface area contributed by atoms with Crippen LogP contribution >= 0.6 is 11.6 Å². The summed E-state index contributed by atoms with van der Waals surface area (Å²) >= 11 is 6.49. The van der Waals surface area contributed by atoms with Crippen LogP contribution in [0.2, 0.25) is 0 Å². The van der Waals surface area contributed by atoms with E-state index in [0.29, 0.717) is 12.1 Å². The number of Topliss-reactive ketones (excluding diaryl/α,β-unsaturated/α-hetero) is 1. The van der Waals surface area contributed by atoms with Crippen molar-refractivity contribution in [3.8, 4) is 0 Å². The molecule has 0 aliphatic carbocycles. The zero-order valence-electron chi connectivity index (χ0n) is 21.2. The van der Waals surface area contributed by atoms with Crippen LogP contribution in [0.15, 0.2) is 27.4 Å². The SMILES string of the molecule is C/C1=C/C[C@@H](C(Cl)=Cc2coc(CO)n2)OC(=O)C[C@H](O)C(C)(C)C(=O)[C@H](C)[C@@H](O)[C@@H](C)CCC1. The molecule has 9 heteroatoms. The quantitative estimate of drug-likeness (QED) is 0.407. The van der Waals surface area contributed by atoms with Crippen molar-refractivity contribution >= 4 is 29.4 Å². The Hall–Kier alpha value is -2.00. The number of halogens is 1. The second-order valence-corrected chi connectivity index (χ2v) is 10.5. The Balaban J connectivity index is 2.33. The van der Waals surface area contributed by atoms with Gasteiger partial charge in [0.05, 0.1) is 29.1 Å². The van der Waals surface area contributed by atoms with Gasteiger partial charge in [-0.25, -0.2) is 4.98 Å². The first kappa shape index (κ1) is 29.2. The molecule has 2 heterocycles. The van der Waals surface area contributed by atoms with E-state index in [4.69, 9.17) is 25.9 Å². The third-order valence-electron chi connectivity index (χ3n) is 6.82. The molecule has 1 aliphatic heterocycles. The molecule has 5 atom stereocenters. The normalized spacial score (nSPS) is 31.5. The van der Waals surface area contributed by atoms with Crippen LogP contribution in [0, 0.1) is 17.3 Å². The number of ketones is 1. The highest BCUT2D eigenvalue weighted by atomic mass is 35.5. The number of aliphatic hydroxyl groups is 3. The maximum absolute atomic E-state index is 13.1. The molecule has 0 amide bonds. The molecule has 1 aromatic rings. The molecule has 0 saturated carbocycles. The Kier molecular flexibility index (Phi) is 10.7. The van der Waals surface area contributed by atoms with E-state index in [1.807, 2.05) is 19.9 Å². The molecule has 0 saturated heterocycles. The lowest BCUT2D eigenvalue weighted by molar-refractivity contribution is -0.153. The summed E-state index contributed by atoms with van der Waals surface area (Å²) in [6.07, 6.45) is 4.08. The minimum Gasteiger partial charge on any atom is -0.456 e. The molecule has 0 radical (unpaired) electrons. The van der Waals surface area contributed by atoms with Gasteiger partial charge in [0.1, 0.15) is 30.5 Å². The molecular formula is C26H38ClNO7. The standard InChI is InChI=1S/C26H38ClNO7/c1-15-7-6-8-16(2)24(32)17(3)25(33)26(4,5)21(30)12-23(31)35-20(10-9-15)19(27)11-18-14-34-22(13-29)28-18/h9,11,14,16-17,20-21,24,29-30,32H,6-8,10,12-13H2,1-5H3/b15-9-,19-11?/t16-,17+,20-,21-,24-/m0/s1. The summed E-state index contributed by atoms with van der Waals surface area (Å²) in [6, 6.07) is 0. The number of aromatic nitrogens is 1. The van der Waals surface area contributed by atoms with Gasteiger partial charge in [-0.15, -0.1) is 0 Å². The summed E-state index contributed by atoms with van der Waals surface area (Å²) in [5, 5.41) is 30.9. The Bertz CT molecular complexity index is 936. The van der Waals surface area contributed by atoms with Gasteiger partial charge in [-0.2, -0.15) is 0 Å². The zero-order chi connectivity index (χ0) is 26.3. The zero-order valence-corrected chi connectivity index (χ0v) is 21.9. The fraction of sp³-hybridized carbons (Fsp3) is 0.654. The molecule has 0 aromatic carbocycles. The number of ether oxygens (including phenoxy) is 1. The molecule has 0 bridgehead atoms. The van der Waals surface area contributed by atoms with Gasteiger partial charge >= 0.3 is 5.97 Å². The van der Waals surface area contributed by atoms with E-state index in [2.05, 4.69) is 4.98 Å². The average molecular weight is 512 g/mol. The predicted molar refractivity (Wildman–Crippen MR) is 132 cm³/mol. The minimum atomic E-state index is -1.30. The summed E-state index contributed by atoms with van der Waals surface area (Å²) in [4.78, 5) is 30.0.